The number of anilines is 2. The van der Waals surface area contributed by atoms with Crippen LogP contribution in [0, 0.1) is 5.92 Å². The Balaban J connectivity index is 2.43. The lowest BCUT2D eigenvalue weighted by Gasteiger charge is -2.23. The van der Waals surface area contributed by atoms with Crippen LogP contribution >= 0.6 is 0 Å². The van der Waals surface area contributed by atoms with Gasteiger partial charge >= 0.3 is 0 Å². The molecule has 0 aliphatic heterocycles. The molecule has 0 saturated heterocycles. The first-order valence-electron chi connectivity index (χ1n) is 6.35. The van der Waals surface area contributed by atoms with E-state index in [0.29, 0.717) is 11.9 Å². The van der Waals surface area contributed by atoms with Crippen molar-refractivity contribution in [2.45, 2.75) is 20.3 Å². The number of fused-ring (bicyclic) bond motifs is 1. The maximum Gasteiger partial charge on any atom is 0.222 e. The quantitative estimate of drug-likeness (QED) is 0.898. The van der Waals surface area contributed by atoms with E-state index in [1.54, 1.807) is 0 Å². The van der Waals surface area contributed by atoms with Crippen molar-refractivity contribution in [2.24, 2.45) is 5.92 Å². The lowest BCUT2D eigenvalue weighted by Crippen LogP contribution is -2.25. The molecule has 4 nitrogen and oxygen atoms in total. The number of aromatic nitrogens is 2. The van der Waals surface area contributed by atoms with Gasteiger partial charge in [0.15, 0.2) is 0 Å². The second-order valence-electron chi connectivity index (χ2n) is 4.82. The minimum Gasteiger partial charge on any atom is -0.368 e. The Morgan fingerprint density at radius 1 is 1.28 bits per heavy atom. The summed E-state index contributed by atoms with van der Waals surface area (Å²) in [4.78, 5) is 10.8. The van der Waals surface area contributed by atoms with Crippen molar-refractivity contribution < 1.29 is 0 Å². The largest absolute Gasteiger partial charge is 0.368 e. The Morgan fingerprint density at radius 2 is 2.00 bits per heavy atom. The van der Waals surface area contributed by atoms with E-state index in [1.807, 2.05) is 24.3 Å². The van der Waals surface area contributed by atoms with Gasteiger partial charge in [0, 0.05) is 19.0 Å². The van der Waals surface area contributed by atoms with Crippen molar-refractivity contribution in [3.63, 3.8) is 0 Å². The number of nitrogen functional groups attached to an aromatic ring is 1. The summed E-state index contributed by atoms with van der Waals surface area (Å²) < 4.78 is 0. The van der Waals surface area contributed by atoms with Crippen LogP contribution in [0.4, 0.5) is 11.8 Å². The highest BCUT2D eigenvalue weighted by molar-refractivity contribution is 5.90. The predicted molar refractivity (Wildman–Crippen MR) is 76.7 cm³/mol. The summed E-state index contributed by atoms with van der Waals surface area (Å²) in [6, 6.07) is 7.97. The van der Waals surface area contributed by atoms with Crippen LogP contribution in [0.5, 0.6) is 0 Å². The Labute approximate surface area is 108 Å². The SMILES string of the molecule is CCC(C)CN(C)c1nc(N)nc2ccccc12. The monoisotopic (exact) mass is 244 g/mol. The van der Waals surface area contributed by atoms with Crippen molar-refractivity contribution >= 4 is 22.7 Å². The van der Waals surface area contributed by atoms with E-state index in [-0.39, 0.29) is 0 Å². The van der Waals surface area contributed by atoms with Gasteiger partial charge in [0.25, 0.3) is 0 Å². The van der Waals surface area contributed by atoms with E-state index in [2.05, 4.69) is 35.8 Å². The van der Waals surface area contributed by atoms with Gasteiger partial charge in [-0.3, -0.25) is 0 Å². The van der Waals surface area contributed by atoms with Crippen LogP contribution in [-0.4, -0.2) is 23.6 Å². The number of rotatable bonds is 4. The number of nitrogens with two attached hydrogens (primary N) is 1. The van der Waals surface area contributed by atoms with E-state index in [4.69, 9.17) is 5.73 Å². The summed E-state index contributed by atoms with van der Waals surface area (Å²) in [5.41, 5.74) is 6.68. The van der Waals surface area contributed by atoms with Crippen LogP contribution in [0.25, 0.3) is 10.9 Å². The lowest BCUT2D eigenvalue weighted by atomic mass is 10.1. The molecule has 0 saturated carbocycles. The standard InChI is InChI=1S/C14H20N4/c1-4-10(2)9-18(3)13-11-7-5-6-8-12(11)16-14(15)17-13/h5-8,10H,4,9H2,1-3H3,(H2,15,16,17). The number of benzene rings is 1. The summed E-state index contributed by atoms with van der Waals surface area (Å²) in [5, 5.41) is 1.05. The molecule has 2 aromatic rings. The summed E-state index contributed by atoms with van der Waals surface area (Å²) >= 11 is 0. The molecule has 1 aromatic carbocycles. The van der Waals surface area contributed by atoms with Crippen molar-refractivity contribution in [1.29, 1.82) is 0 Å². The average Bonchev–Trinajstić information content (AvgIpc) is 2.37. The van der Waals surface area contributed by atoms with E-state index in [0.717, 1.165) is 29.7 Å². The molecule has 4 heteroatoms. The van der Waals surface area contributed by atoms with E-state index in [9.17, 15) is 0 Å². The molecule has 0 spiro atoms. The topological polar surface area (TPSA) is 55.0 Å². The lowest BCUT2D eigenvalue weighted by molar-refractivity contribution is 0.558. The van der Waals surface area contributed by atoms with Gasteiger partial charge in [-0.2, -0.15) is 4.98 Å². The number of hydrogen-bond acceptors (Lipinski definition) is 4. The maximum absolute atomic E-state index is 5.78. The molecular formula is C14H20N4. The van der Waals surface area contributed by atoms with Crippen LogP contribution in [0.15, 0.2) is 24.3 Å². The molecule has 0 radical (unpaired) electrons. The first-order valence-corrected chi connectivity index (χ1v) is 6.35. The molecule has 18 heavy (non-hydrogen) atoms. The zero-order valence-corrected chi connectivity index (χ0v) is 11.2. The normalized spacial score (nSPS) is 12.6. The Hall–Kier alpha value is -1.84. The predicted octanol–water partition coefficient (Wildman–Crippen LogP) is 2.69. The van der Waals surface area contributed by atoms with Crippen molar-refractivity contribution in [3.05, 3.63) is 24.3 Å². The highest BCUT2D eigenvalue weighted by atomic mass is 15.2. The van der Waals surface area contributed by atoms with Crippen molar-refractivity contribution in [1.82, 2.24) is 9.97 Å². The highest BCUT2D eigenvalue weighted by Crippen LogP contribution is 2.24. The van der Waals surface area contributed by atoms with Crippen LogP contribution in [0.2, 0.25) is 0 Å². The molecule has 2 rings (SSSR count). The molecule has 2 N–H and O–H groups in total. The number of nitrogens with zero attached hydrogens (tertiary/aromatic N) is 3. The Bertz CT molecular complexity index is 538. The van der Waals surface area contributed by atoms with Gasteiger partial charge in [0.2, 0.25) is 5.95 Å². The van der Waals surface area contributed by atoms with Crippen molar-refractivity contribution in [2.75, 3.05) is 24.2 Å². The molecule has 1 aromatic heterocycles. The third-order valence-electron chi connectivity index (χ3n) is 3.24. The van der Waals surface area contributed by atoms with Crippen molar-refractivity contribution in [3.8, 4) is 0 Å². The van der Waals surface area contributed by atoms with Gasteiger partial charge < -0.3 is 10.6 Å². The Morgan fingerprint density at radius 3 is 2.72 bits per heavy atom. The molecule has 0 aliphatic rings. The fourth-order valence-corrected chi connectivity index (χ4v) is 2.05. The second kappa shape index (κ2) is 5.21. The third-order valence-corrected chi connectivity index (χ3v) is 3.24. The fraction of sp³-hybridized carbons (Fsp3) is 0.429. The average molecular weight is 244 g/mol. The van der Waals surface area contributed by atoms with Gasteiger partial charge in [-0.25, -0.2) is 4.98 Å². The van der Waals surface area contributed by atoms with E-state index < -0.39 is 0 Å². The van der Waals surface area contributed by atoms with E-state index >= 15 is 0 Å². The molecule has 0 fully saturated rings. The number of hydrogen-bond donors (Lipinski definition) is 1. The molecule has 0 aliphatic carbocycles. The molecular weight excluding hydrogens is 224 g/mol. The third kappa shape index (κ3) is 2.53. The minimum absolute atomic E-state index is 0.333. The summed E-state index contributed by atoms with van der Waals surface area (Å²) in [5.74, 6) is 1.88. The van der Waals surface area contributed by atoms with Gasteiger partial charge in [-0.1, -0.05) is 32.4 Å². The van der Waals surface area contributed by atoms with Gasteiger partial charge in [0.1, 0.15) is 5.82 Å². The first-order chi connectivity index (χ1) is 8.61. The highest BCUT2D eigenvalue weighted by Gasteiger charge is 2.12. The molecule has 0 amide bonds. The Kier molecular flexibility index (Phi) is 3.65. The fourth-order valence-electron chi connectivity index (χ4n) is 2.05. The zero-order valence-electron chi connectivity index (χ0n) is 11.2. The van der Waals surface area contributed by atoms with Crippen LogP contribution in [0.1, 0.15) is 20.3 Å². The molecule has 1 unspecified atom stereocenters. The van der Waals surface area contributed by atoms with Crippen LogP contribution < -0.4 is 10.6 Å². The summed E-state index contributed by atoms with van der Waals surface area (Å²) in [6.07, 6.45) is 1.16. The first kappa shape index (κ1) is 12.6. The molecule has 0 bridgehead atoms. The summed E-state index contributed by atoms with van der Waals surface area (Å²) in [7, 11) is 2.06. The number of para-hydroxylation sites is 1. The molecule has 1 atom stereocenters. The maximum atomic E-state index is 5.78. The smallest absolute Gasteiger partial charge is 0.222 e. The minimum atomic E-state index is 0.333. The van der Waals surface area contributed by atoms with Crippen LogP contribution in [-0.2, 0) is 0 Å². The van der Waals surface area contributed by atoms with Gasteiger partial charge in [-0.05, 0) is 18.1 Å². The molecule has 96 valence electrons. The van der Waals surface area contributed by atoms with Crippen LogP contribution in [0.3, 0.4) is 0 Å². The van der Waals surface area contributed by atoms with Gasteiger partial charge in [0.05, 0.1) is 5.52 Å². The van der Waals surface area contributed by atoms with Gasteiger partial charge in [-0.15, -0.1) is 0 Å². The van der Waals surface area contributed by atoms with E-state index in [1.165, 1.54) is 0 Å². The second-order valence-corrected chi connectivity index (χ2v) is 4.82. The zero-order chi connectivity index (χ0) is 13.1. The molecule has 1 heterocycles. The summed E-state index contributed by atoms with van der Waals surface area (Å²) in [6.45, 7) is 5.41.